The molecule has 1 N–H and O–H groups in total. The van der Waals surface area contributed by atoms with Crippen LogP contribution in [0.15, 0.2) is 0 Å². The predicted molar refractivity (Wildman–Crippen MR) is 59.8 cm³/mol. The molecule has 2 saturated heterocycles. The van der Waals surface area contributed by atoms with Gasteiger partial charge in [-0.3, -0.25) is 4.90 Å². The summed E-state index contributed by atoms with van der Waals surface area (Å²) in [4.78, 5) is 2.57. The Morgan fingerprint density at radius 2 is 2.13 bits per heavy atom. The second-order valence-corrected chi connectivity index (χ2v) is 5.39. The van der Waals surface area contributed by atoms with Gasteiger partial charge in [0.2, 0.25) is 0 Å². The number of piperidine rings is 1. The Kier molecular flexibility index (Phi) is 3.65. The largest absolute Gasteiger partial charge is 0.396 e. The molecule has 0 amide bonds. The van der Waals surface area contributed by atoms with Crippen molar-refractivity contribution in [2.24, 2.45) is 5.41 Å². The topological polar surface area (TPSA) is 32.7 Å². The summed E-state index contributed by atoms with van der Waals surface area (Å²) in [5.74, 6) is 0. The highest BCUT2D eigenvalue weighted by atomic mass is 16.5. The van der Waals surface area contributed by atoms with Crippen LogP contribution in [-0.4, -0.2) is 49.0 Å². The number of ether oxygens (including phenoxy) is 1. The van der Waals surface area contributed by atoms with Gasteiger partial charge in [-0.15, -0.1) is 0 Å². The van der Waals surface area contributed by atoms with Gasteiger partial charge < -0.3 is 9.84 Å². The first-order chi connectivity index (χ1) is 7.23. The van der Waals surface area contributed by atoms with E-state index in [1.165, 1.54) is 32.2 Å². The number of hydrogen-bond acceptors (Lipinski definition) is 3. The van der Waals surface area contributed by atoms with Gasteiger partial charge >= 0.3 is 0 Å². The molecule has 0 aromatic heterocycles. The van der Waals surface area contributed by atoms with Crippen molar-refractivity contribution in [2.75, 3.05) is 32.9 Å². The van der Waals surface area contributed by atoms with Gasteiger partial charge in [0.1, 0.15) is 0 Å². The summed E-state index contributed by atoms with van der Waals surface area (Å²) >= 11 is 0. The van der Waals surface area contributed by atoms with Gasteiger partial charge in [-0.1, -0.05) is 6.92 Å². The van der Waals surface area contributed by atoms with Gasteiger partial charge in [0.25, 0.3) is 0 Å². The van der Waals surface area contributed by atoms with Gasteiger partial charge in [0.05, 0.1) is 0 Å². The summed E-state index contributed by atoms with van der Waals surface area (Å²) in [5, 5.41) is 9.42. The molecule has 2 fully saturated rings. The molecular weight excluding hydrogens is 190 g/mol. The van der Waals surface area contributed by atoms with Crippen molar-refractivity contribution in [2.45, 2.75) is 38.6 Å². The second kappa shape index (κ2) is 4.81. The van der Waals surface area contributed by atoms with Crippen LogP contribution in [0.1, 0.15) is 32.6 Å². The van der Waals surface area contributed by atoms with Crippen LogP contribution in [0.4, 0.5) is 0 Å². The molecular formula is C12H23NO2. The van der Waals surface area contributed by atoms with Crippen LogP contribution in [0.3, 0.4) is 0 Å². The zero-order valence-corrected chi connectivity index (χ0v) is 9.74. The summed E-state index contributed by atoms with van der Waals surface area (Å²) in [5.41, 5.74) is 0.135. The van der Waals surface area contributed by atoms with E-state index in [1.807, 2.05) is 0 Å². The monoisotopic (exact) mass is 213 g/mol. The van der Waals surface area contributed by atoms with Crippen molar-refractivity contribution < 1.29 is 9.84 Å². The molecule has 3 nitrogen and oxygen atoms in total. The highest BCUT2D eigenvalue weighted by Crippen LogP contribution is 2.31. The third-order valence-corrected chi connectivity index (χ3v) is 3.90. The Hall–Kier alpha value is -0.120. The zero-order chi connectivity index (χ0) is 10.7. The number of aliphatic hydroxyl groups excluding tert-OH is 1. The molecule has 0 bridgehead atoms. The lowest BCUT2D eigenvalue weighted by Gasteiger charge is -2.44. The minimum Gasteiger partial charge on any atom is -0.396 e. The molecule has 0 spiro atoms. The van der Waals surface area contributed by atoms with Gasteiger partial charge in [0.15, 0.2) is 0 Å². The standard InChI is InChI=1S/C12H23NO2/c1-12(10-14)5-2-6-13(9-12)11-3-7-15-8-4-11/h11,14H,2-10H2,1H3. The fourth-order valence-electron chi connectivity index (χ4n) is 2.85. The summed E-state index contributed by atoms with van der Waals surface area (Å²) in [6, 6.07) is 0.699. The fraction of sp³-hybridized carbons (Fsp3) is 1.00. The van der Waals surface area contributed by atoms with Crippen LogP contribution >= 0.6 is 0 Å². The maximum Gasteiger partial charge on any atom is 0.0497 e. The van der Waals surface area contributed by atoms with Crippen LogP contribution in [0, 0.1) is 5.41 Å². The molecule has 0 aromatic rings. The minimum atomic E-state index is 0.135. The van der Waals surface area contributed by atoms with E-state index in [-0.39, 0.29) is 5.41 Å². The average Bonchev–Trinajstić information content (AvgIpc) is 2.30. The van der Waals surface area contributed by atoms with E-state index in [2.05, 4.69) is 11.8 Å². The third-order valence-electron chi connectivity index (χ3n) is 3.90. The molecule has 15 heavy (non-hydrogen) atoms. The molecule has 0 radical (unpaired) electrons. The van der Waals surface area contributed by atoms with E-state index in [1.54, 1.807) is 0 Å². The van der Waals surface area contributed by atoms with Gasteiger partial charge in [-0.2, -0.15) is 0 Å². The molecule has 1 unspecified atom stereocenters. The van der Waals surface area contributed by atoms with Crippen LogP contribution in [-0.2, 0) is 4.74 Å². The smallest absolute Gasteiger partial charge is 0.0497 e. The van der Waals surface area contributed by atoms with Crippen molar-refractivity contribution in [1.82, 2.24) is 4.90 Å². The van der Waals surface area contributed by atoms with E-state index in [0.29, 0.717) is 12.6 Å². The van der Waals surface area contributed by atoms with Crippen LogP contribution in [0.2, 0.25) is 0 Å². The second-order valence-electron chi connectivity index (χ2n) is 5.39. The summed E-state index contributed by atoms with van der Waals surface area (Å²) in [7, 11) is 0. The van der Waals surface area contributed by atoms with Crippen LogP contribution < -0.4 is 0 Å². The number of aliphatic hydroxyl groups is 1. The highest BCUT2D eigenvalue weighted by Gasteiger charge is 2.33. The molecule has 3 heteroatoms. The Bertz CT molecular complexity index is 204. The third kappa shape index (κ3) is 2.71. The van der Waals surface area contributed by atoms with Crippen molar-refractivity contribution in [3.05, 3.63) is 0 Å². The minimum absolute atomic E-state index is 0.135. The van der Waals surface area contributed by atoms with Crippen molar-refractivity contribution in [1.29, 1.82) is 0 Å². The Balaban J connectivity index is 1.91. The van der Waals surface area contributed by atoms with Crippen molar-refractivity contribution in [3.8, 4) is 0 Å². The van der Waals surface area contributed by atoms with Gasteiger partial charge in [0, 0.05) is 37.8 Å². The SMILES string of the molecule is CC1(CO)CCCN(C2CCOCC2)C1. The summed E-state index contributed by atoms with van der Waals surface area (Å²) in [6.07, 6.45) is 4.74. The number of likely N-dealkylation sites (tertiary alicyclic amines) is 1. The highest BCUT2D eigenvalue weighted by molar-refractivity contribution is 4.87. The molecule has 0 aliphatic carbocycles. The van der Waals surface area contributed by atoms with Gasteiger partial charge in [-0.05, 0) is 32.2 Å². The molecule has 2 aliphatic heterocycles. The first-order valence-electron chi connectivity index (χ1n) is 6.16. The molecule has 1 atom stereocenters. The van der Waals surface area contributed by atoms with E-state index >= 15 is 0 Å². The van der Waals surface area contributed by atoms with Crippen LogP contribution in [0.25, 0.3) is 0 Å². The number of nitrogens with zero attached hydrogens (tertiary/aromatic N) is 1. The van der Waals surface area contributed by atoms with Crippen LogP contribution in [0.5, 0.6) is 0 Å². The molecule has 88 valence electrons. The van der Waals surface area contributed by atoms with Crippen molar-refractivity contribution in [3.63, 3.8) is 0 Å². The van der Waals surface area contributed by atoms with Crippen molar-refractivity contribution >= 4 is 0 Å². The van der Waals surface area contributed by atoms with Gasteiger partial charge in [-0.25, -0.2) is 0 Å². The Morgan fingerprint density at radius 1 is 1.40 bits per heavy atom. The fourth-order valence-corrected chi connectivity index (χ4v) is 2.85. The number of rotatable bonds is 2. The summed E-state index contributed by atoms with van der Waals surface area (Å²) in [6.45, 7) is 6.63. The number of hydrogen-bond donors (Lipinski definition) is 1. The maximum absolute atomic E-state index is 9.42. The van der Waals surface area contributed by atoms with E-state index in [4.69, 9.17) is 4.74 Å². The van der Waals surface area contributed by atoms with E-state index in [9.17, 15) is 5.11 Å². The zero-order valence-electron chi connectivity index (χ0n) is 9.74. The Labute approximate surface area is 92.4 Å². The first kappa shape index (κ1) is 11.4. The quantitative estimate of drug-likeness (QED) is 0.749. The Morgan fingerprint density at radius 3 is 2.80 bits per heavy atom. The normalized spacial score (nSPS) is 35.6. The predicted octanol–water partition coefficient (Wildman–Crippen LogP) is 1.26. The lowest BCUT2D eigenvalue weighted by molar-refractivity contribution is -0.0159. The molecule has 2 rings (SSSR count). The summed E-state index contributed by atoms with van der Waals surface area (Å²) < 4.78 is 5.39. The molecule has 2 heterocycles. The molecule has 0 saturated carbocycles. The lowest BCUT2D eigenvalue weighted by Crippen LogP contribution is -2.49. The molecule has 0 aromatic carbocycles. The molecule has 2 aliphatic rings. The average molecular weight is 213 g/mol. The van der Waals surface area contributed by atoms with E-state index < -0.39 is 0 Å². The maximum atomic E-state index is 9.42. The first-order valence-corrected chi connectivity index (χ1v) is 6.16. The lowest BCUT2D eigenvalue weighted by atomic mass is 9.82. The van der Waals surface area contributed by atoms with E-state index in [0.717, 1.165) is 19.8 Å².